The number of carbonyl (C=O) groups excluding carboxylic acids is 1. The summed E-state index contributed by atoms with van der Waals surface area (Å²) < 4.78 is 1.15. The zero-order chi connectivity index (χ0) is 13.1. The van der Waals surface area contributed by atoms with Gasteiger partial charge in [0, 0.05) is 15.5 Å². The van der Waals surface area contributed by atoms with Crippen LogP contribution in [0.15, 0.2) is 29.6 Å². The van der Waals surface area contributed by atoms with E-state index in [-0.39, 0.29) is 0 Å². The van der Waals surface area contributed by atoms with Gasteiger partial charge in [-0.3, -0.25) is 4.79 Å². The third kappa shape index (κ3) is 3.03. The highest BCUT2D eigenvalue weighted by molar-refractivity contribution is 8.00. The summed E-state index contributed by atoms with van der Waals surface area (Å²) in [6, 6.07) is 8.14. The molecule has 0 saturated heterocycles. The van der Waals surface area contributed by atoms with Crippen molar-refractivity contribution in [1.82, 2.24) is 0 Å². The average molecular weight is 290 g/mol. The van der Waals surface area contributed by atoms with Gasteiger partial charge in [0.2, 0.25) is 0 Å². The zero-order valence-electron chi connectivity index (χ0n) is 10.9. The van der Waals surface area contributed by atoms with Crippen LogP contribution in [0.5, 0.6) is 0 Å². The summed E-state index contributed by atoms with van der Waals surface area (Å²) in [6.45, 7) is 0. The SMILES string of the molecule is O=C(CSC1CCCCC1)c1cccc2ccsc12. The highest BCUT2D eigenvalue weighted by Crippen LogP contribution is 2.30. The summed E-state index contributed by atoms with van der Waals surface area (Å²) in [7, 11) is 0. The smallest absolute Gasteiger partial charge is 0.174 e. The molecule has 0 bridgehead atoms. The highest BCUT2D eigenvalue weighted by Gasteiger charge is 2.17. The second-order valence-corrected chi connectivity index (χ2v) is 7.34. The molecule has 0 radical (unpaired) electrons. The summed E-state index contributed by atoms with van der Waals surface area (Å²) in [6.07, 6.45) is 6.64. The number of rotatable bonds is 4. The van der Waals surface area contributed by atoms with Crippen LogP contribution < -0.4 is 0 Å². The van der Waals surface area contributed by atoms with E-state index in [1.54, 1.807) is 11.3 Å². The van der Waals surface area contributed by atoms with Crippen molar-refractivity contribution in [2.24, 2.45) is 0 Å². The molecule has 0 atom stereocenters. The summed E-state index contributed by atoms with van der Waals surface area (Å²) in [5.74, 6) is 0.936. The highest BCUT2D eigenvalue weighted by atomic mass is 32.2. The van der Waals surface area contributed by atoms with E-state index in [1.165, 1.54) is 37.5 Å². The quantitative estimate of drug-likeness (QED) is 0.724. The third-order valence-electron chi connectivity index (χ3n) is 3.78. The fraction of sp³-hybridized carbons (Fsp3) is 0.438. The van der Waals surface area contributed by atoms with Crippen LogP contribution in [0.1, 0.15) is 42.5 Å². The van der Waals surface area contributed by atoms with E-state index in [9.17, 15) is 4.79 Å². The topological polar surface area (TPSA) is 17.1 Å². The normalized spacial score (nSPS) is 16.8. The van der Waals surface area contributed by atoms with Crippen molar-refractivity contribution < 1.29 is 4.79 Å². The molecule has 1 fully saturated rings. The molecular weight excluding hydrogens is 272 g/mol. The Balaban J connectivity index is 1.68. The van der Waals surface area contributed by atoms with Gasteiger partial charge in [0.15, 0.2) is 5.78 Å². The van der Waals surface area contributed by atoms with E-state index in [0.717, 1.165) is 10.3 Å². The van der Waals surface area contributed by atoms with Crippen molar-refractivity contribution in [1.29, 1.82) is 0 Å². The van der Waals surface area contributed by atoms with Crippen LogP contribution in [0, 0.1) is 0 Å². The van der Waals surface area contributed by atoms with E-state index in [0.29, 0.717) is 16.8 Å². The summed E-state index contributed by atoms with van der Waals surface area (Å²) in [4.78, 5) is 12.4. The fourth-order valence-electron chi connectivity index (χ4n) is 2.72. The molecular formula is C16H18OS2. The molecule has 1 heterocycles. The largest absolute Gasteiger partial charge is 0.293 e. The third-order valence-corrected chi connectivity index (χ3v) is 6.12. The first-order chi connectivity index (χ1) is 9.34. The van der Waals surface area contributed by atoms with Gasteiger partial charge in [0.05, 0.1) is 5.75 Å². The minimum atomic E-state index is 0.295. The number of ketones is 1. The molecule has 1 saturated carbocycles. The number of hydrogen-bond acceptors (Lipinski definition) is 3. The molecule has 1 nitrogen and oxygen atoms in total. The van der Waals surface area contributed by atoms with Crippen LogP contribution in [0.4, 0.5) is 0 Å². The maximum absolute atomic E-state index is 12.4. The molecule has 0 N–H and O–H groups in total. The maximum Gasteiger partial charge on any atom is 0.174 e. The Morgan fingerprint density at radius 2 is 2.05 bits per heavy atom. The van der Waals surface area contributed by atoms with E-state index < -0.39 is 0 Å². The van der Waals surface area contributed by atoms with Crippen molar-refractivity contribution in [2.75, 3.05) is 5.75 Å². The van der Waals surface area contributed by atoms with Crippen LogP contribution in [-0.2, 0) is 0 Å². The first-order valence-corrected chi connectivity index (χ1v) is 8.88. The number of benzene rings is 1. The Morgan fingerprint density at radius 3 is 2.89 bits per heavy atom. The molecule has 100 valence electrons. The average Bonchev–Trinajstić information content (AvgIpc) is 2.94. The minimum Gasteiger partial charge on any atom is -0.293 e. The molecule has 3 rings (SSSR count). The Morgan fingerprint density at radius 1 is 1.21 bits per heavy atom. The second kappa shape index (κ2) is 6.10. The predicted octanol–water partition coefficient (Wildman–Crippen LogP) is 5.15. The molecule has 1 aliphatic rings. The van der Waals surface area contributed by atoms with Gasteiger partial charge < -0.3 is 0 Å². The Kier molecular flexibility index (Phi) is 4.24. The molecule has 1 aromatic carbocycles. The Labute approximate surface area is 122 Å². The lowest BCUT2D eigenvalue weighted by Gasteiger charge is -2.20. The van der Waals surface area contributed by atoms with Gasteiger partial charge in [-0.15, -0.1) is 11.3 Å². The van der Waals surface area contributed by atoms with Crippen LogP contribution >= 0.6 is 23.1 Å². The lowest BCUT2D eigenvalue weighted by atomic mass is 10.0. The summed E-state index contributed by atoms with van der Waals surface area (Å²) >= 11 is 3.54. The number of thioether (sulfide) groups is 1. The molecule has 3 heteroatoms. The molecule has 1 aromatic heterocycles. The molecule has 0 spiro atoms. The minimum absolute atomic E-state index is 0.295. The summed E-state index contributed by atoms with van der Waals surface area (Å²) in [5.41, 5.74) is 0.913. The number of fused-ring (bicyclic) bond motifs is 1. The van der Waals surface area contributed by atoms with Crippen molar-refractivity contribution in [2.45, 2.75) is 37.4 Å². The van der Waals surface area contributed by atoms with Gasteiger partial charge in [-0.25, -0.2) is 0 Å². The Bertz CT molecular complexity index is 567. The fourth-order valence-corrected chi connectivity index (χ4v) is 4.86. The number of Topliss-reactive ketones (excluding diaryl/α,β-unsaturated/α-hetero) is 1. The molecule has 1 aliphatic carbocycles. The van der Waals surface area contributed by atoms with Gasteiger partial charge >= 0.3 is 0 Å². The van der Waals surface area contributed by atoms with Crippen LogP contribution in [0.3, 0.4) is 0 Å². The van der Waals surface area contributed by atoms with E-state index in [2.05, 4.69) is 17.5 Å². The number of thiophene rings is 1. The second-order valence-electron chi connectivity index (χ2n) is 5.14. The number of hydrogen-bond donors (Lipinski definition) is 0. The first-order valence-electron chi connectivity index (χ1n) is 6.95. The lowest BCUT2D eigenvalue weighted by molar-refractivity contribution is 0.102. The van der Waals surface area contributed by atoms with Crippen LogP contribution in [0.25, 0.3) is 10.1 Å². The van der Waals surface area contributed by atoms with Gasteiger partial charge in [-0.2, -0.15) is 11.8 Å². The molecule has 19 heavy (non-hydrogen) atoms. The summed E-state index contributed by atoms with van der Waals surface area (Å²) in [5, 5.41) is 3.97. The van der Waals surface area contributed by atoms with Crippen molar-refractivity contribution in [3.63, 3.8) is 0 Å². The van der Waals surface area contributed by atoms with Crippen molar-refractivity contribution in [3.05, 3.63) is 35.2 Å². The van der Waals surface area contributed by atoms with Gasteiger partial charge in [0.1, 0.15) is 0 Å². The van der Waals surface area contributed by atoms with Gasteiger partial charge in [-0.1, -0.05) is 31.4 Å². The predicted molar refractivity (Wildman–Crippen MR) is 85.5 cm³/mol. The molecule has 0 aliphatic heterocycles. The molecule has 0 unspecified atom stereocenters. The van der Waals surface area contributed by atoms with E-state index in [4.69, 9.17) is 0 Å². The lowest BCUT2D eigenvalue weighted by Crippen LogP contribution is -2.12. The van der Waals surface area contributed by atoms with Gasteiger partial charge in [-0.05, 0) is 35.7 Å². The molecule has 2 aromatic rings. The standard InChI is InChI=1S/C16H18OS2/c17-15(11-19-13-6-2-1-3-7-13)14-8-4-5-12-9-10-18-16(12)14/h4-5,8-10,13H,1-3,6-7,11H2. The maximum atomic E-state index is 12.4. The van der Waals surface area contributed by atoms with Crippen molar-refractivity contribution in [3.8, 4) is 0 Å². The van der Waals surface area contributed by atoms with Crippen LogP contribution in [-0.4, -0.2) is 16.8 Å². The number of carbonyl (C=O) groups is 1. The first kappa shape index (κ1) is 13.2. The van der Waals surface area contributed by atoms with E-state index in [1.807, 2.05) is 23.9 Å². The van der Waals surface area contributed by atoms with Crippen LogP contribution in [0.2, 0.25) is 0 Å². The van der Waals surface area contributed by atoms with Crippen molar-refractivity contribution >= 4 is 39.0 Å². The zero-order valence-corrected chi connectivity index (χ0v) is 12.6. The molecule has 0 amide bonds. The monoisotopic (exact) mass is 290 g/mol. The van der Waals surface area contributed by atoms with Gasteiger partial charge in [0.25, 0.3) is 0 Å². The van der Waals surface area contributed by atoms with E-state index >= 15 is 0 Å². The Hall–Kier alpha value is -0.800.